The maximum Gasteiger partial charge on any atom is 0.125 e. The van der Waals surface area contributed by atoms with E-state index in [1.54, 1.807) is 6.07 Å². The number of nitrogen functional groups attached to an aromatic ring is 1. The van der Waals surface area contributed by atoms with Crippen molar-refractivity contribution in [1.29, 1.82) is 0 Å². The van der Waals surface area contributed by atoms with Gasteiger partial charge in [-0.15, -0.1) is 0 Å². The van der Waals surface area contributed by atoms with Crippen molar-refractivity contribution in [3.05, 3.63) is 29.6 Å². The second kappa shape index (κ2) is 5.05. The van der Waals surface area contributed by atoms with Crippen LogP contribution in [0.4, 0.5) is 10.1 Å². The molecule has 2 atom stereocenters. The second-order valence-corrected chi connectivity index (χ2v) is 5.22. The fourth-order valence-corrected chi connectivity index (χ4v) is 2.65. The van der Waals surface area contributed by atoms with Crippen LogP contribution in [0.3, 0.4) is 0 Å². The summed E-state index contributed by atoms with van der Waals surface area (Å²) in [6, 6.07) is 5.39. The second-order valence-electron chi connectivity index (χ2n) is 5.22. The standard InChI is InChI=1S/C14H21FN2/c1-10-4-3-5-17(11(10)2)9-12-6-13(15)8-14(16)7-12/h6-8,10-11H,3-5,9,16H2,1-2H3. The zero-order valence-corrected chi connectivity index (χ0v) is 10.6. The summed E-state index contributed by atoms with van der Waals surface area (Å²) in [5.41, 5.74) is 7.16. The highest BCUT2D eigenvalue weighted by Gasteiger charge is 2.24. The van der Waals surface area contributed by atoms with Gasteiger partial charge in [0.05, 0.1) is 0 Å². The van der Waals surface area contributed by atoms with Crippen LogP contribution in [-0.4, -0.2) is 17.5 Å². The lowest BCUT2D eigenvalue weighted by Gasteiger charge is -2.38. The van der Waals surface area contributed by atoms with Gasteiger partial charge in [0.1, 0.15) is 5.82 Å². The zero-order chi connectivity index (χ0) is 12.4. The Kier molecular flexibility index (Phi) is 3.67. The van der Waals surface area contributed by atoms with Crippen LogP contribution in [0.25, 0.3) is 0 Å². The van der Waals surface area contributed by atoms with E-state index in [4.69, 9.17) is 5.73 Å². The zero-order valence-electron chi connectivity index (χ0n) is 10.6. The van der Waals surface area contributed by atoms with Gasteiger partial charge in [0.2, 0.25) is 0 Å². The lowest BCUT2D eigenvalue weighted by Crippen LogP contribution is -2.41. The molecule has 3 heteroatoms. The van der Waals surface area contributed by atoms with Crippen molar-refractivity contribution in [1.82, 2.24) is 4.90 Å². The number of rotatable bonds is 2. The number of anilines is 1. The molecular weight excluding hydrogens is 215 g/mol. The summed E-state index contributed by atoms with van der Waals surface area (Å²) in [6.07, 6.45) is 2.53. The van der Waals surface area contributed by atoms with Gasteiger partial charge in [0, 0.05) is 18.3 Å². The average molecular weight is 236 g/mol. The summed E-state index contributed by atoms with van der Waals surface area (Å²) in [6.45, 7) is 6.44. The Morgan fingerprint density at radius 1 is 1.35 bits per heavy atom. The molecule has 0 radical (unpaired) electrons. The van der Waals surface area contributed by atoms with Gasteiger partial charge in [0.25, 0.3) is 0 Å². The molecule has 17 heavy (non-hydrogen) atoms. The van der Waals surface area contributed by atoms with Crippen LogP contribution in [0.1, 0.15) is 32.3 Å². The number of halogens is 1. The molecule has 1 aliphatic rings. The smallest absolute Gasteiger partial charge is 0.125 e. The fourth-order valence-electron chi connectivity index (χ4n) is 2.65. The lowest BCUT2D eigenvalue weighted by molar-refractivity contribution is 0.106. The van der Waals surface area contributed by atoms with E-state index in [0.717, 1.165) is 24.6 Å². The Morgan fingerprint density at radius 2 is 2.12 bits per heavy atom. The third-order valence-electron chi connectivity index (χ3n) is 3.87. The van der Waals surface area contributed by atoms with Crippen LogP contribution in [0.2, 0.25) is 0 Å². The summed E-state index contributed by atoms with van der Waals surface area (Å²) >= 11 is 0. The molecule has 2 rings (SSSR count). The minimum absolute atomic E-state index is 0.238. The predicted molar refractivity (Wildman–Crippen MR) is 69.1 cm³/mol. The Bertz CT molecular complexity index is 372. The first-order valence-electron chi connectivity index (χ1n) is 6.35. The van der Waals surface area contributed by atoms with E-state index in [0.29, 0.717) is 11.7 Å². The molecule has 1 aromatic carbocycles. The van der Waals surface area contributed by atoms with Crippen LogP contribution >= 0.6 is 0 Å². The predicted octanol–water partition coefficient (Wildman–Crippen LogP) is 3.03. The van der Waals surface area contributed by atoms with Crippen molar-refractivity contribution in [3.8, 4) is 0 Å². The van der Waals surface area contributed by atoms with Gasteiger partial charge in [-0.05, 0) is 56.0 Å². The van der Waals surface area contributed by atoms with E-state index in [9.17, 15) is 4.39 Å². The molecule has 2 N–H and O–H groups in total. The van der Waals surface area contributed by atoms with Crippen LogP contribution in [0.5, 0.6) is 0 Å². The third-order valence-corrected chi connectivity index (χ3v) is 3.87. The quantitative estimate of drug-likeness (QED) is 0.800. The Hall–Kier alpha value is -1.09. The lowest BCUT2D eigenvalue weighted by atomic mass is 9.91. The normalized spacial score (nSPS) is 26.1. The van der Waals surface area contributed by atoms with Crippen molar-refractivity contribution in [2.45, 2.75) is 39.3 Å². The molecule has 1 saturated heterocycles. The van der Waals surface area contributed by atoms with Crippen molar-refractivity contribution in [3.63, 3.8) is 0 Å². The van der Waals surface area contributed by atoms with Gasteiger partial charge in [-0.25, -0.2) is 4.39 Å². The van der Waals surface area contributed by atoms with E-state index in [-0.39, 0.29) is 5.82 Å². The van der Waals surface area contributed by atoms with Gasteiger partial charge < -0.3 is 5.73 Å². The minimum atomic E-state index is -0.238. The summed E-state index contributed by atoms with van der Waals surface area (Å²) in [5, 5.41) is 0. The maximum atomic E-state index is 13.3. The topological polar surface area (TPSA) is 29.3 Å². The molecule has 1 aliphatic heterocycles. The highest BCUT2D eigenvalue weighted by atomic mass is 19.1. The highest BCUT2D eigenvalue weighted by molar-refractivity contribution is 5.41. The maximum absolute atomic E-state index is 13.3. The molecule has 0 saturated carbocycles. The minimum Gasteiger partial charge on any atom is -0.399 e. The van der Waals surface area contributed by atoms with Gasteiger partial charge in [0.15, 0.2) is 0 Å². The molecule has 1 heterocycles. The summed E-state index contributed by atoms with van der Waals surface area (Å²) in [7, 11) is 0. The van der Waals surface area contributed by atoms with Crippen molar-refractivity contribution < 1.29 is 4.39 Å². The third kappa shape index (κ3) is 2.97. The van der Waals surface area contributed by atoms with Gasteiger partial charge in [-0.1, -0.05) is 6.92 Å². The van der Waals surface area contributed by atoms with Crippen LogP contribution in [-0.2, 0) is 6.54 Å². The molecule has 0 bridgehead atoms. The summed E-state index contributed by atoms with van der Waals surface area (Å²) in [4.78, 5) is 2.42. The Labute approximate surface area is 103 Å². The number of piperidine rings is 1. The van der Waals surface area contributed by atoms with Crippen LogP contribution in [0.15, 0.2) is 18.2 Å². The first kappa shape index (κ1) is 12.4. The molecule has 2 nitrogen and oxygen atoms in total. The SMILES string of the molecule is CC1CCCN(Cc2cc(N)cc(F)c2)C1C. The van der Waals surface area contributed by atoms with Gasteiger partial charge >= 0.3 is 0 Å². The molecule has 1 aromatic rings. The van der Waals surface area contributed by atoms with E-state index in [2.05, 4.69) is 18.7 Å². The Balaban J connectivity index is 2.09. The molecule has 94 valence electrons. The first-order chi connectivity index (χ1) is 8.06. The molecule has 0 amide bonds. The molecule has 0 aromatic heterocycles. The molecule has 2 unspecified atom stereocenters. The van der Waals surface area contributed by atoms with Crippen LogP contribution < -0.4 is 5.73 Å². The average Bonchev–Trinajstić information content (AvgIpc) is 2.23. The molecule has 0 aliphatic carbocycles. The molecule has 1 fully saturated rings. The summed E-state index contributed by atoms with van der Waals surface area (Å²) in [5.74, 6) is 0.479. The number of hydrogen-bond donors (Lipinski definition) is 1. The van der Waals surface area contributed by atoms with Crippen molar-refractivity contribution >= 4 is 5.69 Å². The number of hydrogen-bond acceptors (Lipinski definition) is 2. The summed E-state index contributed by atoms with van der Waals surface area (Å²) < 4.78 is 13.3. The highest BCUT2D eigenvalue weighted by Crippen LogP contribution is 2.25. The van der Waals surface area contributed by atoms with E-state index in [1.165, 1.54) is 18.9 Å². The number of benzene rings is 1. The molecule has 0 spiro atoms. The number of likely N-dealkylation sites (tertiary alicyclic amines) is 1. The van der Waals surface area contributed by atoms with E-state index >= 15 is 0 Å². The van der Waals surface area contributed by atoms with E-state index in [1.807, 2.05) is 6.07 Å². The van der Waals surface area contributed by atoms with Crippen LogP contribution in [0, 0.1) is 11.7 Å². The van der Waals surface area contributed by atoms with Crippen molar-refractivity contribution in [2.75, 3.05) is 12.3 Å². The van der Waals surface area contributed by atoms with E-state index < -0.39 is 0 Å². The number of nitrogens with zero attached hydrogens (tertiary/aromatic N) is 1. The Morgan fingerprint density at radius 3 is 2.82 bits per heavy atom. The number of nitrogens with two attached hydrogens (primary N) is 1. The van der Waals surface area contributed by atoms with Gasteiger partial charge in [-0.3, -0.25) is 4.90 Å². The fraction of sp³-hybridized carbons (Fsp3) is 0.571. The first-order valence-corrected chi connectivity index (χ1v) is 6.35. The monoisotopic (exact) mass is 236 g/mol. The molecular formula is C14H21FN2. The van der Waals surface area contributed by atoms with Crippen molar-refractivity contribution in [2.24, 2.45) is 5.92 Å². The van der Waals surface area contributed by atoms with Gasteiger partial charge in [-0.2, -0.15) is 0 Å². The largest absolute Gasteiger partial charge is 0.399 e.